The van der Waals surface area contributed by atoms with E-state index in [-0.39, 0.29) is 11.7 Å². The Morgan fingerprint density at radius 1 is 1.15 bits per heavy atom. The molecule has 2 aromatic carbocycles. The van der Waals surface area contributed by atoms with Crippen LogP contribution in [0.25, 0.3) is 0 Å². The first-order valence-electron chi connectivity index (χ1n) is 8.83. The maximum Gasteiger partial charge on any atom is 0.251 e. The predicted octanol–water partition coefficient (Wildman–Crippen LogP) is 3.86. The summed E-state index contributed by atoms with van der Waals surface area (Å²) in [5.41, 5.74) is 3.58. The molecule has 5 nitrogen and oxygen atoms in total. The fraction of sp³-hybridized carbons (Fsp3) is 0.238. The summed E-state index contributed by atoms with van der Waals surface area (Å²) in [7, 11) is 0. The van der Waals surface area contributed by atoms with Crippen molar-refractivity contribution in [2.45, 2.75) is 33.5 Å². The van der Waals surface area contributed by atoms with Crippen molar-refractivity contribution in [1.82, 2.24) is 15.1 Å². The molecule has 0 aliphatic carbocycles. The zero-order valence-corrected chi connectivity index (χ0v) is 15.4. The third-order valence-corrected chi connectivity index (χ3v) is 4.38. The molecular formula is C21H22FN3O2. The van der Waals surface area contributed by atoms with Crippen molar-refractivity contribution in [3.05, 3.63) is 82.9 Å². The molecule has 0 bridgehead atoms. The highest BCUT2D eigenvalue weighted by Gasteiger charge is 2.09. The van der Waals surface area contributed by atoms with Crippen LogP contribution < -0.4 is 10.1 Å². The first-order chi connectivity index (χ1) is 13.1. The summed E-state index contributed by atoms with van der Waals surface area (Å²) in [4.78, 5) is 12.3. The van der Waals surface area contributed by atoms with Gasteiger partial charge in [0, 0.05) is 29.9 Å². The molecule has 6 heteroatoms. The van der Waals surface area contributed by atoms with Gasteiger partial charge in [0.05, 0.1) is 6.20 Å². The Morgan fingerprint density at radius 3 is 2.48 bits per heavy atom. The standard InChI is InChI=1S/C21H22FN3O2/c1-3-25-15(2)18(13-24-25)12-23-21(26)17-6-4-16(5-7-17)14-27-20-10-8-19(22)9-11-20/h4-11,13H,3,12,14H2,1-2H3,(H,23,26). The van der Waals surface area contributed by atoms with Gasteiger partial charge in [-0.25, -0.2) is 4.39 Å². The zero-order chi connectivity index (χ0) is 19.2. The molecule has 1 N–H and O–H groups in total. The van der Waals surface area contributed by atoms with Crippen LogP contribution >= 0.6 is 0 Å². The van der Waals surface area contributed by atoms with Gasteiger partial charge in [-0.15, -0.1) is 0 Å². The number of hydrogen-bond donors (Lipinski definition) is 1. The number of ether oxygens (including phenoxy) is 1. The highest BCUT2D eigenvalue weighted by atomic mass is 19.1. The number of carbonyl (C=O) groups excluding carboxylic acids is 1. The van der Waals surface area contributed by atoms with Crippen LogP contribution in [-0.4, -0.2) is 15.7 Å². The van der Waals surface area contributed by atoms with E-state index in [1.807, 2.05) is 30.7 Å². The quantitative estimate of drug-likeness (QED) is 0.690. The minimum atomic E-state index is -0.296. The van der Waals surface area contributed by atoms with Crippen LogP contribution in [0.1, 0.15) is 34.1 Å². The third kappa shape index (κ3) is 4.73. The Labute approximate surface area is 157 Å². The molecule has 1 heterocycles. The van der Waals surface area contributed by atoms with E-state index in [2.05, 4.69) is 10.4 Å². The highest BCUT2D eigenvalue weighted by Crippen LogP contribution is 2.14. The summed E-state index contributed by atoms with van der Waals surface area (Å²) in [5, 5.41) is 7.19. The van der Waals surface area contributed by atoms with E-state index >= 15 is 0 Å². The molecule has 0 radical (unpaired) electrons. The van der Waals surface area contributed by atoms with E-state index in [0.717, 1.165) is 23.4 Å². The zero-order valence-electron chi connectivity index (χ0n) is 15.4. The lowest BCUT2D eigenvalue weighted by Gasteiger charge is -2.08. The number of nitrogens with one attached hydrogen (secondary N) is 1. The van der Waals surface area contributed by atoms with Crippen LogP contribution in [-0.2, 0) is 19.7 Å². The predicted molar refractivity (Wildman–Crippen MR) is 101 cm³/mol. The number of halogens is 1. The van der Waals surface area contributed by atoms with Crippen molar-refractivity contribution in [1.29, 1.82) is 0 Å². The molecule has 3 aromatic rings. The van der Waals surface area contributed by atoms with Gasteiger partial charge in [-0.05, 0) is 55.8 Å². The van der Waals surface area contributed by atoms with E-state index in [1.54, 1.807) is 30.5 Å². The molecule has 0 unspecified atom stereocenters. The lowest BCUT2D eigenvalue weighted by atomic mass is 10.1. The van der Waals surface area contributed by atoms with Gasteiger partial charge in [0.15, 0.2) is 0 Å². The van der Waals surface area contributed by atoms with E-state index in [0.29, 0.717) is 24.5 Å². The summed E-state index contributed by atoms with van der Waals surface area (Å²) in [6.45, 7) is 5.63. The third-order valence-electron chi connectivity index (χ3n) is 4.38. The Hall–Kier alpha value is -3.15. The topological polar surface area (TPSA) is 56.2 Å². The summed E-state index contributed by atoms with van der Waals surface area (Å²) < 4.78 is 20.4. The maximum absolute atomic E-state index is 12.9. The smallest absolute Gasteiger partial charge is 0.251 e. The molecule has 0 aliphatic rings. The number of aryl methyl sites for hydroxylation is 1. The van der Waals surface area contributed by atoms with Crippen molar-refractivity contribution >= 4 is 5.91 Å². The SMILES string of the molecule is CCn1ncc(CNC(=O)c2ccc(COc3ccc(F)cc3)cc2)c1C. The van der Waals surface area contributed by atoms with Gasteiger partial charge in [-0.3, -0.25) is 9.48 Å². The molecule has 0 fully saturated rings. The number of benzene rings is 2. The number of amides is 1. The average Bonchev–Trinajstić information content (AvgIpc) is 3.05. The second kappa shape index (κ2) is 8.49. The summed E-state index contributed by atoms with van der Waals surface area (Å²) in [5.74, 6) is 0.167. The molecule has 27 heavy (non-hydrogen) atoms. The van der Waals surface area contributed by atoms with Crippen LogP contribution in [0, 0.1) is 12.7 Å². The number of nitrogens with zero attached hydrogens (tertiary/aromatic N) is 2. The lowest BCUT2D eigenvalue weighted by molar-refractivity contribution is 0.0951. The van der Waals surface area contributed by atoms with Crippen molar-refractivity contribution in [3.8, 4) is 5.75 Å². The maximum atomic E-state index is 12.9. The summed E-state index contributed by atoms with van der Waals surface area (Å²) >= 11 is 0. The van der Waals surface area contributed by atoms with Crippen molar-refractivity contribution in [2.24, 2.45) is 0 Å². The van der Waals surface area contributed by atoms with Gasteiger partial charge in [0.1, 0.15) is 18.2 Å². The van der Waals surface area contributed by atoms with E-state index in [4.69, 9.17) is 4.74 Å². The Kier molecular flexibility index (Phi) is 5.86. The lowest BCUT2D eigenvalue weighted by Crippen LogP contribution is -2.23. The number of aromatic nitrogens is 2. The number of carbonyl (C=O) groups is 1. The van der Waals surface area contributed by atoms with E-state index in [9.17, 15) is 9.18 Å². The van der Waals surface area contributed by atoms with E-state index < -0.39 is 0 Å². The molecule has 3 rings (SSSR count). The Balaban J connectivity index is 1.53. The molecule has 0 saturated heterocycles. The second-order valence-electron chi connectivity index (χ2n) is 6.19. The monoisotopic (exact) mass is 367 g/mol. The van der Waals surface area contributed by atoms with Gasteiger partial charge in [0.2, 0.25) is 0 Å². The molecule has 140 valence electrons. The molecule has 0 aliphatic heterocycles. The molecule has 1 aromatic heterocycles. The number of hydrogen-bond acceptors (Lipinski definition) is 3. The van der Waals surface area contributed by atoms with Gasteiger partial charge in [-0.2, -0.15) is 5.10 Å². The molecule has 0 atom stereocenters. The molecule has 1 amide bonds. The van der Waals surface area contributed by atoms with Crippen molar-refractivity contribution in [3.63, 3.8) is 0 Å². The van der Waals surface area contributed by atoms with Gasteiger partial charge >= 0.3 is 0 Å². The average molecular weight is 367 g/mol. The molecular weight excluding hydrogens is 345 g/mol. The first kappa shape index (κ1) is 18.6. The highest BCUT2D eigenvalue weighted by molar-refractivity contribution is 5.94. The van der Waals surface area contributed by atoms with Gasteiger partial charge < -0.3 is 10.1 Å². The number of rotatable bonds is 7. The van der Waals surface area contributed by atoms with Crippen LogP contribution in [0.4, 0.5) is 4.39 Å². The van der Waals surface area contributed by atoms with Crippen LogP contribution in [0.3, 0.4) is 0 Å². The normalized spacial score (nSPS) is 10.6. The van der Waals surface area contributed by atoms with Gasteiger partial charge in [0.25, 0.3) is 5.91 Å². The second-order valence-corrected chi connectivity index (χ2v) is 6.19. The van der Waals surface area contributed by atoms with Crippen LogP contribution in [0.2, 0.25) is 0 Å². The first-order valence-corrected chi connectivity index (χ1v) is 8.83. The van der Waals surface area contributed by atoms with Crippen molar-refractivity contribution < 1.29 is 13.9 Å². The fourth-order valence-corrected chi connectivity index (χ4v) is 2.70. The Morgan fingerprint density at radius 2 is 1.85 bits per heavy atom. The minimum Gasteiger partial charge on any atom is -0.489 e. The fourth-order valence-electron chi connectivity index (χ4n) is 2.70. The summed E-state index contributed by atoms with van der Waals surface area (Å²) in [6, 6.07) is 13.1. The largest absolute Gasteiger partial charge is 0.489 e. The van der Waals surface area contributed by atoms with Crippen LogP contribution in [0.5, 0.6) is 5.75 Å². The van der Waals surface area contributed by atoms with Gasteiger partial charge in [-0.1, -0.05) is 12.1 Å². The minimum absolute atomic E-state index is 0.135. The molecule has 0 saturated carbocycles. The van der Waals surface area contributed by atoms with Crippen molar-refractivity contribution in [2.75, 3.05) is 0 Å². The summed E-state index contributed by atoms with van der Waals surface area (Å²) in [6.07, 6.45) is 1.79. The Bertz CT molecular complexity index is 902. The molecule has 0 spiro atoms. The van der Waals surface area contributed by atoms with Crippen LogP contribution in [0.15, 0.2) is 54.7 Å². The van der Waals surface area contributed by atoms with E-state index in [1.165, 1.54) is 12.1 Å².